The maximum Gasteiger partial charge on any atom is 0.350 e. The van der Waals surface area contributed by atoms with Crippen LogP contribution in [0.5, 0.6) is 0 Å². The van der Waals surface area contributed by atoms with E-state index in [4.69, 9.17) is 9.47 Å². The summed E-state index contributed by atoms with van der Waals surface area (Å²) in [5.74, 6) is -2.58. The summed E-state index contributed by atoms with van der Waals surface area (Å²) in [7, 11) is 0. The number of piperazine rings is 1. The van der Waals surface area contributed by atoms with Crippen LogP contribution in [0.3, 0.4) is 0 Å². The van der Waals surface area contributed by atoms with Crippen LogP contribution in [0, 0.1) is 6.92 Å². The second-order valence-corrected chi connectivity index (χ2v) is 7.38. The highest BCUT2D eigenvalue weighted by Crippen LogP contribution is 2.26. The number of aryl methyl sites for hydroxylation is 1. The molecule has 28 heavy (non-hydrogen) atoms. The van der Waals surface area contributed by atoms with E-state index < -0.39 is 17.7 Å². The van der Waals surface area contributed by atoms with Gasteiger partial charge in [0.1, 0.15) is 0 Å². The summed E-state index contributed by atoms with van der Waals surface area (Å²) in [6, 6.07) is 5.80. The van der Waals surface area contributed by atoms with Crippen molar-refractivity contribution >= 4 is 29.2 Å². The van der Waals surface area contributed by atoms with E-state index in [0.29, 0.717) is 13.1 Å². The summed E-state index contributed by atoms with van der Waals surface area (Å²) in [5.41, 5.74) is 2.71. The molecule has 0 atom stereocenters. The van der Waals surface area contributed by atoms with Crippen molar-refractivity contribution < 1.29 is 23.9 Å². The maximum absolute atomic E-state index is 12.0. The highest BCUT2D eigenvalue weighted by molar-refractivity contribution is 6.15. The Labute approximate surface area is 164 Å². The highest BCUT2D eigenvalue weighted by Gasteiger charge is 2.38. The number of anilines is 2. The average molecular weight is 387 g/mol. The van der Waals surface area contributed by atoms with E-state index in [1.165, 1.54) is 20.0 Å². The van der Waals surface area contributed by atoms with Gasteiger partial charge in [0, 0.05) is 64.5 Å². The van der Waals surface area contributed by atoms with Crippen LogP contribution in [-0.4, -0.2) is 54.7 Å². The summed E-state index contributed by atoms with van der Waals surface area (Å²) in [4.78, 5) is 39.5. The van der Waals surface area contributed by atoms with Crippen molar-refractivity contribution in [3.05, 3.63) is 35.5 Å². The second-order valence-electron chi connectivity index (χ2n) is 7.38. The van der Waals surface area contributed by atoms with Crippen LogP contribution in [0.4, 0.5) is 11.4 Å². The van der Waals surface area contributed by atoms with Gasteiger partial charge in [-0.2, -0.15) is 0 Å². The quantitative estimate of drug-likeness (QED) is 0.481. The summed E-state index contributed by atoms with van der Waals surface area (Å²) in [6.07, 6.45) is 1.31. The number of nitrogens with zero attached hydrogens (tertiary/aromatic N) is 2. The molecule has 0 unspecified atom stereocenters. The lowest BCUT2D eigenvalue weighted by molar-refractivity contribution is -0.222. The number of hydrogen-bond donors (Lipinski definition) is 1. The van der Waals surface area contributed by atoms with Crippen molar-refractivity contribution in [1.82, 2.24) is 4.90 Å². The fourth-order valence-electron chi connectivity index (χ4n) is 3.30. The Morgan fingerprint density at radius 3 is 2.25 bits per heavy atom. The number of rotatable bonds is 3. The van der Waals surface area contributed by atoms with Crippen molar-refractivity contribution in [2.75, 3.05) is 36.4 Å². The van der Waals surface area contributed by atoms with Crippen LogP contribution in [-0.2, 0) is 23.9 Å². The third-order valence-electron chi connectivity index (χ3n) is 4.76. The number of carbonyl (C=O) groups excluding carboxylic acids is 3. The van der Waals surface area contributed by atoms with Gasteiger partial charge in [-0.05, 0) is 30.7 Å². The van der Waals surface area contributed by atoms with E-state index in [1.807, 2.05) is 30.0 Å². The number of nitrogens with one attached hydrogen (secondary N) is 1. The highest BCUT2D eigenvalue weighted by atomic mass is 16.7. The minimum atomic E-state index is -1.25. The lowest BCUT2D eigenvalue weighted by Crippen LogP contribution is -2.48. The molecule has 1 aromatic carbocycles. The molecule has 0 aromatic heterocycles. The molecule has 1 amide bonds. The molecule has 2 aliphatic rings. The molecule has 2 saturated heterocycles. The number of carbonyl (C=O) groups is 3. The third kappa shape index (κ3) is 4.27. The van der Waals surface area contributed by atoms with Gasteiger partial charge in [0.05, 0.1) is 0 Å². The summed E-state index contributed by atoms with van der Waals surface area (Å²) >= 11 is 0. The summed E-state index contributed by atoms with van der Waals surface area (Å²) < 4.78 is 10.1. The molecule has 0 bridgehead atoms. The number of ether oxygens (including phenoxy) is 2. The first kappa shape index (κ1) is 19.7. The zero-order valence-electron chi connectivity index (χ0n) is 16.6. The van der Waals surface area contributed by atoms with Gasteiger partial charge in [0.15, 0.2) is 5.57 Å². The zero-order valence-corrected chi connectivity index (χ0v) is 16.6. The van der Waals surface area contributed by atoms with Gasteiger partial charge < -0.3 is 24.6 Å². The van der Waals surface area contributed by atoms with Gasteiger partial charge in [-0.15, -0.1) is 0 Å². The van der Waals surface area contributed by atoms with E-state index in [-0.39, 0.29) is 11.5 Å². The largest absolute Gasteiger partial charge is 0.419 e. The first-order valence-corrected chi connectivity index (χ1v) is 9.21. The molecule has 0 saturated carbocycles. The standard InChI is InChI=1S/C20H25N3O5/c1-13-11-15(21-12-16-18(25)27-20(3,4)28-19(16)26)5-6-17(13)23-9-7-22(8-10-23)14(2)24/h5-6,11-12,21H,7-10H2,1-4H3. The van der Waals surface area contributed by atoms with Gasteiger partial charge in [0.2, 0.25) is 5.91 Å². The Hall–Kier alpha value is -3.03. The minimum absolute atomic E-state index is 0.104. The number of amides is 1. The van der Waals surface area contributed by atoms with E-state index in [1.54, 1.807) is 6.92 Å². The number of hydrogen-bond acceptors (Lipinski definition) is 7. The lowest BCUT2D eigenvalue weighted by atomic mass is 10.1. The predicted molar refractivity (Wildman–Crippen MR) is 104 cm³/mol. The molecule has 1 N–H and O–H groups in total. The Morgan fingerprint density at radius 1 is 1.11 bits per heavy atom. The Kier molecular flexibility index (Phi) is 5.31. The van der Waals surface area contributed by atoms with Gasteiger partial charge in [0.25, 0.3) is 5.79 Å². The fraction of sp³-hybridized carbons (Fsp3) is 0.450. The molecule has 2 heterocycles. The Morgan fingerprint density at radius 2 is 1.71 bits per heavy atom. The van der Waals surface area contributed by atoms with E-state index >= 15 is 0 Å². The molecular formula is C20H25N3O5. The predicted octanol–water partition coefficient (Wildman–Crippen LogP) is 1.80. The van der Waals surface area contributed by atoms with E-state index in [2.05, 4.69) is 10.2 Å². The van der Waals surface area contributed by atoms with Gasteiger partial charge in [-0.3, -0.25) is 4.79 Å². The molecule has 0 aliphatic carbocycles. The maximum atomic E-state index is 12.0. The molecule has 8 nitrogen and oxygen atoms in total. The monoisotopic (exact) mass is 387 g/mol. The molecule has 2 aliphatic heterocycles. The van der Waals surface area contributed by atoms with E-state index in [9.17, 15) is 14.4 Å². The van der Waals surface area contributed by atoms with Gasteiger partial charge >= 0.3 is 11.9 Å². The number of cyclic esters (lactones) is 2. The van der Waals surface area contributed by atoms with E-state index in [0.717, 1.165) is 30.0 Å². The molecule has 1 aromatic rings. The summed E-state index contributed by atoms with van der Waals surface area (Å²) in [6.45, 7) is 9.58. The third-order valence-corrected chi connectivity index (χ3v) is 4.76. The molecule has 3 rings (SSSR count). The zero-order chi connectivity index (χ0) is 20.5. The fourth-order valence-corrected chi connectivity index (χ4v) is 3.30. The van der Waals surface area contributed by atoms with Crippen molar-refractivity contribution in [1.29, 1.82) is 0 Å². The van der Waals surface area contributed by atoms with Gasteiger partial charge in [-0.1, -0.05) is 0 Å². The Balaban J connectivity index is 1.67. The minimum Gasteiger partial charge on any atom is -0.419 e. The molecular weight excluding hydrogens is 362 g/mol. The SMILES string of the molecule is CC(=O)N1CCN(c2ccc(NC=C3C(=O)OC(C)(C)OC3=O)cc2C)CC1. The van der Waals surface area contributed by atoms with Crippen molar-refractivity contribution in [3.63, 3.8) is 0 Å². The summed E-state index contributed by atoms with van der Waals surface area (Å²) in [5, 5.41) is 2.96. The smallest absolute Gasteiger partial charge is 0.350 e. The molecule has 8 heteroatoms. The first-order valence-electron chi connectivity index (χ1n) is 9.21. The van der Waals surface area contributed by atoms with Crippen molar-refractivity contribution in [2.24, 2.45) is 0 Å². The van der Waals surface area contributed by atoms with Crippen LogP contribution in [0.15, 0.2) is 30.0 Å². The van der Waals surface area contributed by atoms with Crippen LogP contribution < -0.4 is 10.2 Å². The van der Waals surface area contributed by atoms with Crippen LogP contribution in [0.1, 0.15) is 26.3 Å². The molecule has 0 spiro atoms. The Bertz CT molecular complexity index is 816. The molecule has 0 radical (unpaired) electrons. The topological polar surface area (TPSA) is 88.2 Å². The first-order chi connectivity index (χ1) is 13.2. The lowest BCUT2D eigenvalue weighted by Gasteiger charge is -2.36. The van der Waals surface area contributed by atoms with Crippen LogP contribution in [0.25, 0.3) is 0 Å². The normalized spacial score (nSPS) is 19.1. The molecule has 2 fully saturated rings. The van der Waals surface area contributed by atoms with Crippen LogP contribution >= 0.6 is 0 Å². The van der Waals surface area contributed by atoms with Crippen molar-refractivity contribution in [2.45, 2.75) is 33.5 Å². The van der Waals surface area contributed by atoms with Gasteiger partial charge in [-0.25, -0.2) is 9.59 Å². The number of benzene rings is 1. The van der Waals surface area contributed by atoms with Crippen molar-refractivity contribution in [3.8, 4) is 0 Å². The average Bonchev–Trinajstić information content (AvgIpc) is 2.60. The molecule has 150 valence electrons. The van der Waals surface area contributed by atoms with Crippen LogP contribution in [0.2, 0.25) is 0 Å². The second kappa shape index (κ2) is 7.53. The number of esters is 2.